The number of anilines is 1. The molecule has 0 bridgehead atoms. The number of benzene rings is 1. The number of rotatable bonds is 6. The van der Waals surface area contributed by atoms with Gasteiger partial charge in [-0.25, -0.2) is 0 Å². The van der Waals surface area contributed by atoms with Crippen molar-refractivity contribution < 1.29 is 14.1 Å². The number of hydrogen-bond donors (Lipinski definition) is 1. The summed E-state index contributed by atoms with van der Waals surface area (Å²) in [6.45, 7) is 6.71. The maximum atomic E-state index is 12.4. The summed E-state index contributed by atoms with van der Waals surface area (Å²) in [5.41, 5.74) is 1.35. The SMILES string of the molecule is CC(C)Cc1noc([C@H](C)NC(=O)c2ccc(N3CCCC3=O)cc2)n1. The fourth-order valence-electron chi connectivity index (χ4n) is 2.95. The van der Waals surface area contributed by atoms with Gasteiger partial charge in [0.2, 0.25) is 11.8 Å². The van der Waals surface area contributed by atoms with Crippen LogP contribution in [0.2, 0.25) is 0 Å². The molecule has 26 heavy (non-hydrogen) atoms. The van der Waals surface area contributed by atoms with Crippen molar-refractivity contribution in [3.05, 3.63) is 41.5 Å². The molecule has 0 unspecified atom stereocenters. The molecular weight excluding hydrogens is 332 g/mol. The average molecular weight is 356 g/mol. The van der Waals surface area contributed by atoms with Gasteiger partial charge >= 0.3 is 0 Å². The molecule has 1 saturated heterocycles. The Bertz CT molecular complexity index is 782. The molecule has 0 spiro atoms. The van der Waals surface area contributed by atoms with E-state index in [1.807, 2.05) is 6.92 Å². The normalized spacial score (nSPS) is 15.5. The van der Waals surface area contributed by atoms with Crippen molar-refractivity contribution in [3.8, 4) is 0 Å². The lowest BCUT2D eigenvalue weighted by Gasteiger charge is -2.16. The Labute approximate surface area is 152 Å². The van der Waals surface area contributed by atoms with Gasteiger partial charge in [0.05, 0.1) is 0 Å². The quantitative estimate of drug-likeness (QED) is 0.860. The van der Waals surface area contributed by atoms with E-state index in [4.69, 9.17) is 4.52 Å². The number of carbonyl (C=O) groups excluding carboxylic acids is 2. The van der Waals surface area contributed by atoms with Crippen molar-refractivity contribution in [2.75, 3.05) is 11.4 Å². The van der Waals surface area contributed by atoms with E-state index in [9.17, 15) is 9.59 Å². The summed E-state index contributed by atoms with van der Waals surface area (Å²) in [7, 11) is 0. The third kappa shape index (κ3) is 4.09. The number of aromatic nitrogens is 2. The van der Waals surface area contributed by atoms with Crippen LogP contribution in [0.25, 0.3) is 0 Å². The minimum Gasteiger partial charge on any atom is -0.341 e. The van der Waals surface area contributed by atoms with Crippen molar-refractivity contribution >= 4 is 17.5 Å². The van der Waals surface area contributed by atoms with Crippen molar-refractivity contribution in [1.29, 1.82) is 0 Å². The number of hydrogen-bond acceptors (Lipinski definition) is 5. The van der Waals surface area contributed by atoms with Gasteiger partial charge in [-0.1, -0.05) is 19.0 Å². The predicted octanol–water partition coefficient (Wildman–Crippen LogP) is 2.89. The van der Waals surface area contributed by atoms with Gasteiger partial charge < -0.3 is 14.7 Å². The van der Waals surface area contributed by atoms with Crippen LogP contribution in [0.15, 0.2) is 28.8 Å². The van der Waals surface area contributed by atoms with E-state index in [0.29, 0.717) is 29.6 Å². The highest BCUT2D eigenvalue weighted by molar-refractivity contribution is 5.97. The molecule has 2 heterocycles. The molecule has 0 radical (unpaired) electrons. The van der Waals surface area contributed by atoms with Gasteiger partial charge in [0, 0.05) is 30.6 Å². The first kappa shape index (κ1) is 18.1. The summed E-state index contributed by atoms with van der Waals surface area (Å²) in [5.74, 6) is 1.39. The number of nitrogens with one attached hydrogen (secondary N) is 1. The monoisotopic (exact) mass is 356 g/mol. The van der Waals surface area contributed by atoms with Crippen LogP contribution in [0.4, 0.5) is 5.69 Å². The molecule has 1 aromatic heterocycles. The van der Waals surface area contributed by atoms with Gasteiger partial charge in [0.25, 0.3) is 5.91 Å². The summed E-state index contributed by atoms with van der Waals surface area (Å²) in [6, 6.07) is 6.67. The Morgan fingerprint density at radius 1 is 1.27 bits per heavy atom. The Hall–Kier alpha value is -2.70. The number of amides is 2. The molecule has 1 aliphatic heterocycles. The van der Waals surface area contributed by atoms with E-state index in [2.05, 4.69) is 29.3 Å². The van der Waals surface area contributed by atoms with E-state index < -0.39 is 0 Å². The molecule has 3 rings (SSSR count). The first-order valence-corrected chi connectivity index (χ1v) is 8.98. The predicted molar refractivity (Wildman–Crippen MR) is 96.8 cm³/mol. The minimum absolute atomic E-state index is 0.129. The fourth-order valence-corrected chi connectivity index (χ4v) is 2.95. The first-order chi connectivity index (χ1) is 12.4. The van der Waals surface area contributed by atoms with Gasteiger partial charge in [-0.05, 0) is 43.5 Å². The minimum atomic E-state index is -0.379. The molecule has 2 amide bonds. The zero-order valence-corrected chi connectivity index (χ0v) is 15.4. The van der Waals surface area contributed by atoms with Crippen LogP contribution in [0, 0.1) is 5.92 Å². The highest BCUT2D eigenvalue weighted by Gasteiger charge is 2.22. The van der Waals surface area contributed by atoms with Crippen LogP contribution in [-0.2, 0) is 11.2 Å². The second-order valence-electron chi connectivity index (χ2n) is 7.04. The molecule has 7 heteroatoms. The van der Waals surface area contributed by atoms with Crippen LogP contribution < -0.4 is 10.2 Å². The standard InChI is InChI=1S/C19H24N4O3/c1-12(2)11-16-21-19(26-22-16)13(3)20-18(25)14-6-8-15(9-7-14)23-10-4-5-17(23)24/h6-9,12-13H,4-5,10-11H2,1-3H3,(H,20,25)/t13-/m0/s1. The molecule has 1 aliphatic rings. The van der Waals surface area contributed by atoms with E-state index >= 15 is 0 Å². The molecule has 1 fully saturated rings. The molecule has 7 nitrogen and oxygen atoms in total. The summed E-state index contributed by atoms with van der Waals surface area (Å²) in [4.78, 5) is 30.3. The van der Waals surface area contributed by atoms with Crippen molar-refractivity contribution in [1.82, 2.24) is 15.5 Å². The second-order valence-corrected chi connectivity index (χ2v) is 7.04. The average Bonchev–Trinajstić information content (AvgIpc) is 3.23. The summed E-state index contributed by atoms with van der Waals surface area (Å²) < 4.78 is 5.24. The lowest BCUT2D eigenvalue weighted by Crippen LogP contribution is -2.27. The maximum Gasteiger partial charge on any atom is 0.251 e. The molecule has 138 valence electrons. The zero-order valence-electron chi connectivity index (χ0n) is 15.4. The summed E-state index contributed by atoms with van der Waals surface area (Å²) in [5, 5.41) is 6.81. The summed E-state index contributed by atoms with van der Waals surface area (Å²) >= 11 is 0. The second kappa shape index (κ2) is 7.68. The van der Waals surface area contributed by atoms with Crippen LogP contribution >= 0.6 is 0 Å². The number of carbonyl (C=O) groups is 2. The molecule has 1 aromatic carbocycles. The molecule has 0 aliphatic carbocycles. The molecular formula is C19H24N4O3. The molecule has 1 atom stereocenters. The van der Waals surface area contributed by atoms with Crippen LogP contribution in [-0.4, -0.2) is 28.5 Å². The Kier molecular flexibility index (Phi) is 5.35. The first-order valence-electron chi connectivity index (χ1n) is 8.98. The van der Waals surface area contributed by atoms with Crippen molar-refractivity contribution in [2.45, 2.75) is 46.1 Å². The third-order valence-electron chi connectivity index (χ3n) is 4.31. The molecule has 1 N–H and O–H groups in total. The van der Waals surface area contributed by atoms with Gasteiger partial charge in [0.1, 0.15) is 6.04 Å². The van der Waals surface area contributed by atoms with E-state index in [0.717, 1.165) is 25.1 Å². The lowest BCUT2D eigenvalue weighted by molar-refractivity contribution is -0.117. The molecule has 0 saturated carbocycles. The summed E-state index contributed by atoms with van der Waals surface area (Å²) in [6.07, 6.45) is 2.20. The molecule has 2 aromatic rings. The topological polar surface area (TPSA) is 88.3 Å². The largest absolute Gasteiger partial charge is 0.341 e. The smallest absolute Gasteiger partial charge is 0.251 e. The zero-order chi connectivity index (χ0) is 18.7. The van der Waals surface area contributed by atoms with Gasteiger partial charge in [-0.15, -0.1) is 0 Å². The van der Waals surface area contributed by atoms with Crippen LogP contribution in [0.3, 0.4) is 0 Å². The van der Waals surface area contributed by atoms with E-state index in [-0.39, 0.29) is 17.9 Å². The third-order valence-corrected chi connectivity index (χ3v) is 4.31. The lowest BCUT2D eigenvalue weighted by atomic mass is 10.1. The highest BCUT2D eigenvalue weighted by Crippen LogP contribution is 2.22. The van der Waals surface area contributed by atoms with Crippen molar-refractivity contribution in [2.24, 2.45) is 5.92 Å². The number of nitrogens with zero attached hydrogens (tertiary/aromatic N) is 3. The van der Waals surface area contributed by atoms with Gasteiger partial charge in [-0.2, -0.15) is 4.98 Å². The Balaban J connectivity index is 1.62. The Morgan fingerprint density at radius 2 is 2.00 bits per heavy atom. The van der Waals surface area contributed by atoms with Crippen molar-refractivity contribution in [3.63, 3.8) is 0 Å². The van der Waals surface area contributed by atoms with E-state index in [1.54, 1.807) is 29.2 Å². The Morgan fingerprint density at radius 3 is 2.62 bits per heavy atom. The fraction of sp³-hybridized carbons (Fsp3) is 0.474. The van der Waals surface area contributed by atoms with Crippen LogP contribution in [0.5, 0.6) is 0 Å². The van der Waals surface area contributed by atoms with Gasteiger partial charge in [0.15, 0.2) is 5.82 Å². The maximum absolute atomic E-state index is 12.4. The van der Waals surface area contributed by atoms with Crippen LogP contribution in [0.1, 0.15) is 61.7 Å². The highest BCUT2D eigenvalue weighted by atomic mass is 16.5. The van der Waals surface area contributed by atoms with Gasteiger partial charge in [-0.3, -0.25) is 9.59 Å². The van der Waals surface area contributed by atoms with E-state index in [1.165, 1.54) is 0 Å².